The molecule has 2 N–H and O–H groups in total. The quantitative estimate of drug-likeness (QED) is 0.838. The number of hydrogen-bond donors (Lipinski definition) is 2. The van der Waals surface area contributed by atoms with Gasteiger partial charge in [-0.2, -0.15) is 0 Å². The van der Waals surface area contributed by atoms with Crippen molar-refractivity contribution in [1.29, 1.82) is 0 Å². The maximum absolute atomic E-state index is 13.9. The van der Waals surface area contributed by atoms with Crippen molar-refractivity contribution in [2.24, 2.45) is 0 Å². The molecule has 0 fully saturated rings. The van der Waals surface area contributed by atoms with Crippen molar-refractivity contribution in [2.45, 2.75) is 30.7 Å². The molecule has 6 nitrogen and oxygen atoms in total. The molecule has 0 saturated heterocycles. The van der Waals surface area contributed by atoms with Crippen LogP contribution in [0.15, 0.2) is 41.3 Å². The second-order valence-electron chi connectivity index (χ2n) is 6.10. The number of benzene rings is 2. The lowest BCUT2D eigenvalue weighted by atomic mass is 10.0. The largest absolute Gasteiger partial charge is 0.494 e. The number of carbonyl (C=O) groups excluding carboxylic acids is 1. The van der Waals surface area contributed by atoms with Gasteiger partial charge in [-0.05, 0) is 54.8 Å². The van der Waals surface area contributed by atoms with Crippen LogP contribution in [0.3, 0.4) is 0 Å². The molecule has 1 aliphatic rings. The van der Waals surface area contributed by atoms with Crippen molar-refractivity contribution >= 4 is 21.6 Å². The first kappa shape index (κ1) is 18.3. The number of ether oxygens (including phenoxy) is 1. The number of halogens is 1. The number of amides is 1. The summed E-state index contributed by atoms with van der Waals surface area (Å²) >= 11 is 0. The van der Waals surface area contributed by atoms with Crippen LogP contribution in [0, 0.1) is 5.82 Å². The molecule has 0 aliphatic carbocycles. The summed E-state index contributed by atoms with van der Waals surface area (Å²) in [6, 6.07) is 8.25. The molecule has 1 aliphatic heterocycles. The van der Waals surface area contributed by atoms with Gasteiger partial charge in [0.15, 0.2) is 11.6 Å². The van der Waals surface area contributed by atoms with Crippen molar-refractivity contribution in [3.63, 3.8) is 0 Å². The van der Waals surface area contributed by atoms with Gasteiger partial charge in [-0.3, -0.25) is 4.79 Å². The van der Waals surface area contributed by atoms with Crippen LogP contribution >= 0.6 is 0 Å². The third-order valence-electron chi connectivity index (χ3n) is 4.29. The molecule has 0 saturated carbocycles. The summed E-state index contributed by atoms with van der Waals surface area (Å²) in [5, 5.41) is 2.71. The number of aryl methyl sites for hydroxylation is 1. The molecule has 0 radical (unpaired) electrons. The second-order valence-corrected chi connectivity index (χ2v) is 7.82. The van der Waals surface area contributed by atoms with E-state index >= 15 is 0 Å². The van der Waals surface area contributed by atoms with Gasteiger partial charge < -0.3 is 10.1 Å². The van der Waals surface area contributed by atoms with E-state index in [0.29, 0.717) is 24.1 Å². The fourth-order valence-electron chi connectivity index (χ4n) is 2.85. The van der Waals surface area contributed by atoms with Gasteiger partial charge in [0.25, 0.3) is 0 Å². The third-order valence-corrected chi connectivity index (χ3v) is 5.83. The summed E-state index contributed by atoms with van der Waals surface area (Å²) in [6.07, 6.45) is 0.815. The van der Waals surface area contributed by atoms with Gasteiger partial charge in [0.2, 0.25) is 15.9 Å². The first-order valence-electron chi connectivity index (χ1n) is 8.08. The van der Waals surface area contributed by atoms with Crippen molar-refractivity contribution < 1.29 is 22.3 Å². The molecule has 2 aromatic rings. The molecule has 0 aromatic heterocycles. The minimum absolute atomic E-state index is 0.0820. The predicted molar refractivity (Wildman–Crippen MR) is 95.1 cm³/mol. The van der Waals surface area contributed by atoms with Gasteiger partial charge in [0.1, 0.15) is 0 Å². The summed E-state index contributed by atoms with van der Waals surface area (Å²) in [7, 11) is -2.44. The highest BCUT2D eigenvalue weighted by molar-refractivity contribution is 7.89. The minimum atomic E-state index is -3.80. The standard InChI is InChI=1S/C18H19FN2O4S/c1-11(12-3-7-17(25-2)15(19)10-12)21-26(23,24)14-5-6-16-13(9-14)4-8-18(22)20-16/h3,5-7,9-11,21H,4,8H2,1-2H3,(H,20,22)/t11-/m1/s1. The molecule has 0 unspecified atom stereocenters. The van der Waals surface area contributed by atoms with Crippen molar-refractivity contribution in [1.82, 2.24) is 4.72 Å². The molecule has 1 atom stereocenters. The molecule has 1 heterocycles. The Balaban J connectivity index is 1.82. The number of fused-ring (bicyclic) bond motifs is 1. The minimum Gasteiger partial charge on any atom is -0.494 e. The maximum Gasteiger partial charge on any atom is 0.241 e. The van der Waals surface area contributed by atoms with E-state index in [4.69, 9.17) is 4.74 Å². The maximum atomic E-state index is 13.9. The molecule has 0 spiro atoms. The van der Waals surface area contributed by atoms with Crippen LogP contribution in [0.2, 0.25) is 0 Å². The van der Waals surface area contributed by atoms with Crippen molar-refractivity contribution in [3.8, 4) is 5.75 Å². The van der Waals surface area contributed by atoms with Gasteiger partial charge in [-0.1, -0.05) is 6.07 Å². The van der Waals surface area contributed by atoms with E-state index in [2.05, 4.69) is 10.0 Å². The number of carbonyl (C=O) groups is 1. The highest BCUT2D eigenvalue weighted by Gasteiger charge is 2.22. The molecular weight excluding hydrogens is 359 g/mol. The van der Waals surface area contributed by atoms with E-state index < -0.39 is 21.9 Å². The number of rotatable bonds is 5. The zero-order chi connectivity index (χ0) is 18.9. The number of hydrogen-bond acceptors (Lipinski definition) is 4. The Morgan fingerprint density at radius 1 is 1.19 bits per heavy atom. The van der Waals surface area contributed by atoms with E-state index in [-0.39, 0.29) is 16.6 Å². The fraction of sp³-hybridized carbons (Fsp3) is 0.278. The van der Waals surface area contributed by atoms with Crippen molar-refractivity contribution in [2.75, 3.05) is 12.4 Å². The Hall–Kier alpha value is -2.45. The lowest BCUT2D eigenvalue weighted by Crippen LogP contribution is -2.27. The highest BCUT2D eigenvalue weighted by Crippen LogP contribution is 2.27. The number of sulfonamides is 1. The van der Waals surface area contributed by atoms with Crippen LogP contribution < -0.4 is 14.8 Å². The van der Waals surface area contributed by atoms with E-state index in [1.807, 2.05) is 0 Å². The number of methoxy groups -OCH3 is 1. The first-order chi connectivity index (χ1) is 12.3. The second kappa shape index (κ2) is 7.05. The first-order valence-corrected chi connectivity index (χ1v) is 9.57. The van der Waals surface area contributed by atoms with Gasteiger partial charge >= 0.3 is 0 Å². The molecule has 138 valence electrons. The van der Waals surface area contributed by atoms with Crippen LogP contribution in [-0.4, -0.2) is 21.4 Å². The molecule has 2 aromatic carbocycles. The van der Waals surface area contributed by atoms with Gasteiger partial charge in [0, 0.05) is 18.2 Å². The van der Waals surface area contributed by atoms with E-state index in [1.165, 1.54) is 25.3 Å². The van der Waals surface area contributed by atoms with Crippen LogP contribution in [0.1, 0.15) is 30.5 Å². The topological polar surface area (TPSA) is 84.5 Å². The zero-order valence-electron chi connectivity index (χ0n) is 14.4. The Labute approximate surface area is 151 Å². The number of nitrogens with one attached hydrogen (secondary N) is 2. The molecule has 1 amide bonds. The van der Waals surface area contributed by atoms with Crippen molar-refractivity contribution in [3.05, 3.63) is 53.3 Å². The smallest absolute Gasteiger partial charge is 0.241 e. The predicted octanol–water partition coefficient (Wildman–Crippen LogP) is 2.76. The third kappa shape index (κ3) is 3.71. The summed E-state index contributed by atoms with van der Waals surface area (Å²) < 4.78 is 46.6. The Kier molecular flexibility index (Phi) is 4.97. The van der Waals surface area contributed by atoms with Gasteiger partial charge in [-0.15, -0.1) is 0 Å². The average Bonchev–Trinajstić information content (AvgIpc) is 2.60. The fourth-order valence-corrected chi connectivity index (χ4v) is 4.13. The Morgan fingerprint density at radius 2 is 1.96 bits per heavy atom. The van der Waals surface area contributed by atoms with Crippen LogP contribution in [0.5, 0.6) is 5.75 Å². The molecule has 26 heavy (non-hydrogen) atoms. The van der Waals surface area contributed by atoms with Crippen LogP contribution in [0.25, 0.3) is 0 Å². The molecular formula is C18H19FN2O4S. The molecule has 0 bridgehead atoms. The lowest BCUT2D eigenvalue weighted by Gasteiger charge is -2.19. The van der Waals surface area contributed by atoms with Gasteiger partial charge in [0.05, 0.1) is 12.0 Å². The zero-order valence-corrected chi connectivity index (χ0v) is 15.2. The Morgan fingerprint density at radius 3 is 2.65 bits per heavy atom. The molecule has 8 heteroatoms. The normalized spacial score (nSPS) is 15.1. The molecule has 3 rings (SSSR count). The number of anilines is 1. The Bertz CT molecular complexity index is 960. The average molecular weight is 378 g/mol. The SMILES string of the molecule is COc1ccc([C@@H](C)NS(=O)(=O)c2ccc3c(c2)CCC(=O)N3)cc1F. The summed E-state index contributed by atoms with van der Waals surface area (Å²) in [6.45, 7) is 1.64. The van der Waals surface area contributed by atoms with Crippen LogP contribution in [-0.2, 0) is 21.2 Å². The van der Waals surface area contributed by atoms with E-state index in [1.54, 1.807) is 25.1 Å². The van der Waals surface area contributed by atoms with E-state index in [0.717, 1.165) is 5.56 Å². The summed E-state index contributed by atoms with van der Waals surface area (Å²) in [5.74, 6) is -0.539. The summed E-state index contributed by atoms with van der Waals surface area (Å²) in [5.41, 5.74) is 1.89. The monoisotopic (exact) mass is 378 g/mol. The van der Waals surface area contributed by atoms with Gasteiger partial charge in [-0.25, -0.2) is 17.5 Å². The van der Waals surface area contributed by atoms with E-state index in [9.17, 15) is 17.6 Å². The highest BCUT2D eigenvalue weighted by atomic mass is 32.2. The lowest BCUT2D eigenvalue weighted by molar-refractivity contribution is -0.116. The summed E-state index contributed by atoms with van der Waals surface area (Å²) in [4.78, 5) is 11.5. The van der Waals surface area contributed by atoms with Crippen LogP contribution in [0.4, 0.5) is 10.1 Å².